The van der Waals surface area contributed by atoms with Crippen molar-refractivity contribution < 1.29 is 9.63 Å². The molecule has 0 aliphatic heterocycles. The van der Waals surface area contributed by atoms with Gasteiger partial charge in [-0.05, 0) is 18.6 Å². The van der Waals surface area contributed by atoms with Gasteiger partial charge in [0.25, 0.3) is 0 Å². The number of unbranched alkanes of at least 4 members (excludes halogenated alkanes) is 7. The Bertz CT molecular complexity index is 154. The lowest BCUT2D eigenvalue weighted by atomic mass is 10.1. The van der Waals surface area contributed by atoms with Gasteiger partial charge in [-0.1, -0.05) is 38.5 Å². The molecule has 0 atom stereocenters. The first-order valence-electron chi connectivity index (χ1n) is 5.81. The lowest BCUT2D eigenvalue weighted by Crippen LogP contribution is -2.08. The molecule has 0 aromatic carbocycles. The summed E-state index contributed by atoms with van der Waals surface area (Å²) in [6, 6.07) is 0. The zero-order chi connectivity index (χ0) is 11.4. The fourth-order valence-corrected chi connectivity index (χ4v) is 1.72. The number of hydrogen-bond donors (Lipinski definition) is 2. The summed E-state index contributed by atoms with van der Waals surface area (Å²) in [4.78, 5) is 14.7. The molecule has 2 N–H and O–H groups in total. The van der Waals surface area contributed by atoms with Crippen LogP contribution in [0.1, 0.15) is 57.8 Å². The highest BCUT2D eigenvalue weighted by Crippen LogP contribution is 2.09. The van der Waals surface area contributed by atoms with Crippen molar-refractivity contribution in [2.45, 2.75) is 57.8 Å². The lowest BCUT2D eigenvalue weighted by Gasteiger charge is -2.01. The van der Waals surface area contributed by atoms with Crippen LogP contribution in [0.5, 0.6) is 0 Å². The summed E-state index contributed by atoms with van der Waals surface area (Å²) in [5, 5.41) is 0. The number of nitrogens with two attached hydrogens (primary N) is 1. The standard InChI is InChI=1S/C11H23NO2S/c12-14-11(13)9-7-5-3-1-2-4-6-8-10-15/h15H,1-10,12H2. The fourth-order valence-electron chi connectivity index (χ4n) is 1.50. The lowest BCUT2D eigenvalue weighted by molar-refractivity contribution is -0.144. The quantitative estimate of drug-likeness (QED) is 0.346. The van der Waals surface area contributed by atoms with Crippen molar-refractivity contribution in [3.8, 4) is 0 Å². The Kier molecular flexibility index (Phi) is 11.7. The van der Waals surface area contributed by atoms with E-state index in [0.29, 0.717) is 6.42 Å². The largest absolute Gasteiger partial charge is 0.373 e. The van der Waals surface area contributed by atoms with E-state index in [9.17, 15) is 4.79 Å². The maximum Gasteiger partial charge on any atom is 0.324 e. The summed E-state index contributed by atoms with van der Waals surface area (Å²) in [6.45, 7) is 0. The molecule has 0 fully saturated rings. The summed E-state index contributed by atoms with van der Waals surface area (Å²) in [5.41, 5.74) is 0. The molecule has 0 heterocycles. The molecule has 0 amide bonds. The van der Waals surface area contributed by atoms with Crippen molar-refractivity contribution in [3.05, 3.63) is 0 Å². The monoisotopic (exact) mass is 233 g/mol. The molecule has 0 bridgehead atoms. The van der Waals surface area contributed by atoms with Crippen LogP contribution in [0.25, 0.3) is 0 Å². The van der Waals surface area contributed by atoms with Crippen LogP contribution in [0, 0.1) is 0 Å². The van der Waals surface area contributed by atoms with E-state index in [4.69, 9.17) is 5.90 Å². The van der Waals surface area contributed by atoms with Gasteiger partial charge in [0.05, 0.1) is 0 Å². The van der Waals surface area contributed by atoms with Crippen molar-refractivity contribution >= 4 is 18.6 Å². The maximum atomic E-state index is 10.7. The SMILES string of the molecule is NOC(=O)CCCCCCCCCCS. The first kappa shape index (κ1) is 14.8. The van der Waals surface area contributed by atoms with Gasteiger partial charge in [-0.25, -0.2) is 0 Å². The highest BCUT2D eigenvalue weighted by Gasteiger charge is 1.99. The summed E-state index contributed by atoms with van der Waals surface area (Å²) < 4.78 is 0. The van der Waals surface area contributed by atoms with Crippen LogP contribution < -0.4 is 5.90 Å². The molecule has 0 rings (SSSR count). The van der Waals surface area contributed by atoms with E-state index in [1.165, 1.54) is 38.5 Å². The van der Waals surface area contributed by atoms with Crippen molar-refractivity contribution in [3.63, 3.8) is 0 Å². The minimum absolute atomic E-state index is 0.302. The van der Waals surface area contributed by atoms with Crippen molar-refractivity contribution in [1.82, 2.24) is 0 Å². The molecule has 0 saturated carbocycles. The van der Waals surface area contributed by atoms with Crippen LogP contribution >= 0.6 is 12.6 Å². The number of rotatable bonds is 10. The molecule has 0 spiro atoms. The molecule has 0 aliphatic carbocycles. The average molecular weight is 233 g/mol. The van der Waals surface area contributed by atoms with Gasteiger partial charge >= 0.3 is 5.97 Å². The molecule has 90 valence electrons. The number of carbonyl (C=O) groups excluding carboxylic acids is 1. The summed E-state index contributed by atoms with van der Waals surface area (Å²) in [5.74, 6) is 5.42. The van der Waals surface area contributed by atoms with Crippen LogP contribution in [0.15, 0.2) is 0 Å². The van der Waals surface area contributed by atoms with Gasteiger partial charge in [-0.3, -0.25) is 4.79 Å². The zero-order valence-electron chi connectivity index (χ0n) is 9.41. The Morgan fingerprint density at radius 2 is 1.40 bits per heavy atom. The minimum Gasteiger partial charge on any atom is -0.373 e. The Morgan fingerprint density at radius 3 is 1.87 bits per heavy atom. The molecule has 0 unspecified atom stereocenters. The molecule has 0 saturated heterocycles. The maximum absolute atomic E-state index is 10.7. The first-order chi connectivity index (χ1) is 7.31. The first-order valence-corrected chi connectivity index (χ1v) is 6.45. The predicted molar refractivity (Wildman–Crippen MR) is 65.7 cm³/mol. The third-order valence-electron chi connectivity index (χ3n) is 2.42. The van der Waals surface area contributed by atoms with Crippen LogP contribution in [-0.4, -0.2) is 11.7 Å². The van der Waals surface area contributed by atoms with E-state index in [1.807, 2.05) is 0 Å². The molecule has 0 aliphatic rings. The molecule has 0 aromatic heterocycles. The third kappa shape index (κ3) is 11.7. The van der Waals surface area contributed by atoms with Gasteiger partial charge in [-0.2, -0.15) is 18.5 Å². The van der Waals surface area contributed by atoms with Gasteiger partial charge in [0.2, 0.25) is 0 Å². The van der Waals surface area contributed by atoms with Crippen LogP contribution in [0.4, 0.5) is 0 Å². The molecule has 0 aromatic rings. The van der Waals surface area contributed by atoms with Crippen LogP contribution in [-0.2, 0) is 9.63 Å². The average Bonchev–Trinajstić information content (AvgIpc) is 2.26. The summed E-state index contributed by atoms with van der Waals surface area (Å²) >= 11 is 4.17. The minimum atomic E-state index is -0.302. The molecule has 4 heteroatoms. The van der Waals surface area contributed by atoms with Crippen molar-refractivity contribution in [2.24, 2.45) is 5.90 Å². The zero-order valence-corrected chi connectivity index (χ0v) is 10.3. The van der Waals surface area contributed by atoms with E-state index >= 15 is 0 Å². The Hall–Kier alpha value is -0.220. The predicted octanol–water partition coefficient (Wildman–Crippen LogP) is 2.84. The topological polar surface area (TPSA) is 52.3 Å². The Balaban J connectivity index is 2.95. The number of thiol groups is 1. The van der Waals surface area contributed by atoms with E-state index in [0.717, 1.165) is 18.6 Å². The highest BCUT2D eigenvalue weighted by molar-refractivity contribution is 7.80. The van der Waals surface area contributed by atoms with Crippen molar-refractivity contribution in [2.75, 3.05) is 5.75 Å². The van der Waals surface area contributed by atoms with E-state index in [1.54, 1.807) is 0 Å². The molecular formula is C11H23NO2S. The fraction of sp³-hybridized carbons (Fsp3) is 0.909. The van der Waals surface area contributed by atoms with Gasteiger partial charge < -0.3 is 4.84 Å². The summed E-state index contributed by atoms with van der Waals surface area (Å²) in [6.07, 6.45) is 10.1. The second kappa shape index (κ2) is 11.9. The van der Waals surface area contributed by atoms with Crippen LogP contribution in [0.3, 0.4) is 0 Å². The molecule has 3 nitrogen and oxygen atoms in total. The second-order valence-electron chi connectivity index (χ2n) is 3.79. The van der Waals surface area contributed by atoms with E-state index in [2.05, 4.69) is 17.5 Å². The Labute approximate surface area is 98.1 Å². The molecule has 15 heavy (non-hydrogen) atoms. The van der Waals surface area contributed by atoms with Gasteiger partial charge in [-0.15, -0.1) is 0 Å². The normalized spacial score (nSPS) is 10.3. The van der Waals surface area contributed by atoms with Gasteiger partial charge in [0.15, 0.2) is 0 Å². The number of carbonyl (C=O) groups is 1. The molecular weight excluding hydrogens is 210 g/mol. The molecule has 0 radical (unpaired) electrons. The van der Waals surface area contributed by atoms with Crippen LogP contribution in [0.2, 0.25) is 0 Å². The Morgan fingerprint density at radius 1 is 0.933 bits per heavy atom. The second-order valence-corrected chi connectivity index (χ2v) is 4.24. The van der Waals surface area contributed by atoms with Gasteiger partial charge in [0.1, 0.15) is 0 Å². The summed E-state index contributed by atoms with van der Waals surface area (Å²) in [7, 11) is 0. The smallest absolute Gasteiger partial charge is 0.324 e. The highest BCUT2D eigenvalue weighted by atomic mass is 32.1. The van der Waals surface area contributed by atoms with Gasteiger partial charge in [0, 0.05) is 6.42 Å². The third-order valence-corrected chi connectivity index (χ3v) is 2.74. The van der Waals surface area contributed by atoms with E-state index < -0.39 is 0 Å². The number of hydrogen-bond acceptors (Lipinski definition) is 4. The van der Waals surface area contributed by atoms with Crippen molar-refractivity contribution in [1.29, 1.82) is 0 Å². The van der Waals surface area contributed by atoms with E-state index in [-0.39, 0.29) is 5.97 Å².